The Morgan fingerprint density at radius 3 is 2.49 bits per heavy atom. The number of hydrogen-bond donors (Lipinski definition) is 1. The predicted octanol–water partition coefficient (Wildman–Crippen LogP) is 5.77. The van der Waals surface area contributed by atoms with Gasteiger partial charge in [-0.2, -0.15) is 18.3 Å². The first-order valence-corrected chi connectivity index (χ1v) is 11.7. The van der Waals surface area contributed by atoms with Crippen LogP contribution in [0.3, 0.4) is 0 Å². The summed E-state index contributed by atoms with van der Waals surface area (Å²) in [6, 6.07) is 9.03. The van der Waals surface area contributed by atoms with Gasteiger partial charge in [-0.05, 0) is 55.9 Å². The molecule has 1 N–H and O–H groups in total. The summed E-state index contributed by atoms with van der Waals surface area (Å²) in [6.45, 7) is 0.968. The van der Waals surface area contributed by atoms with Crippen molar-refractivity contribution in [3.8, 4) is 17.0 Å². The van der Waals surface area contributed by atoms with Crippen molar-refractivity contribution in [1.82, 2.24) is 14.7 Å². The zero-order valence-electron chi connectivity index (χ0n) is 18.7. The van der Waals surface area contributed by atoms with Gasteiger partial charge in [0.2, 0.25) is 0 Å². The topological polar surface area (TPSA) is 58.4 Å². The third kappa shape index (κ3) is 3.77. The Morgan fingerprint density at radius 2 is 1.80 bits per heavy atom. The zero-order chi connectivity index (χ0) is 24.5. The van der Waals surface area contributed by atoms with E-state index in [4.69, 9.17) is 0 Å². The molecule has 3 aromatic rings. The Morgan fingerprint density at radius 1 is 1.09 bits per heavy atom. The number of halogens is 4. The lowest BCUT2D eigenvalue weighted by atomic mass is 9.60. The van der Waals surface area contributed by atoms with Gasteiger partial charge in [0.05, 0.1) is 22.9 Å². The molecule has 35 heavy (non-hydrogen) atoms. The van der Waals surface area contributed by atoms with Gasteiger partial charge in [-0.1, -0.05) is 18.2 Å². The van der Waals surface area contributed by atoms with E-state index in [0.717, 1.165) is 49.4 Å². The fraction of sp³-hybridized carbons (Fsp3) is 0.385. The number of alkyl halides is 3. The molecule has 6 rings (SSSR count). The molecular formula is C26H23F4N3O2. The molecule has 0 bridgehead atoms. The first-order valence-electron chi connectivity index (χ1n) is 11.7. The summed E-state index contributed by atoms with van der Waals surface area (Å²) in [7, 11) is 0. The Labute approximate surface area is 199 Å². The van der Waals surface area contributed by atoms with Gasteiger partial charge in [-0.25, -0.2) is 4.39 Å². The Kier molecular flexibility index (Phi) is 4.78. The minimum Gasteiger partial charge on any atom is -0.508 e. The Hall–Kier alpha value is -3.36. The molecular weight excluding hydrogens is 462 g/mol. The van der Waals surface area contributed by atoms with Gasteiger partial charge >= 0.3 is 6.18 Å². The van der Waals surface area contributed by atoms with Gasteiger partial charge in [0.1, 0.15) is 11.6 Å². The number of nitrogens with zero attached hydrogens (tertiary/aromatic N) is 3. The van der Waals surface area contributed by atoms with Gasteiger partial charge in [0.25, 0.3) is 5.91 Å². The fourth-order valence-electron chi connectivity index (χ4n) is 5.57. The van der Waals surface area contributed by atoms with E-state index in [2.05, 4.69) is 5.10 Å². The first kappa shape index (κ1) is 22.1. The minimum absolute atomic E-state index is 0.0501. The molecule has 0 atom stereocenters. The number of amides is 1. The lowest BCUT2D eigenvalue weighted by Gasteiger charge is -2.58. The molecule has 2 heterocycles. The molecule has 3 aliphatic rings. The van der Waals surface area contributed by atoms with Crippen LogP contribution in [-0.4, -0.2) is 38.8 Å². The van der Waals surface area contributed by atoms with Crippen molar-refractivity contribution in [3.63, 3.8) is 0 Å². The highest BCUT2D eigenvalue weighted by atomic mass is 19.4. The molecule has 1 spiro atoms. The molecule has 1 amide bonds. The summed E-state index contributed by atoms with van der Waals surface area (Å²) in [5.41, 5.74) is 0.486. The van der Waals surface area contributed by atoms with E-state index in [9.17, 15) is 27.5 Å². The highest BCUT2D eigenvalue weighted by Crippen LogP contribution is 2.55. The summed E-state index contributed by atoms with van der Waals surface area (Å²) in [5.74, 6) is -1.05. The molecule has 2 aromatic carbocycles. The van der Waals surface area contributed by atoms with E-state index in [1.165, 1.54) is 18.2 Å². The third-order valence-electron chi connectivity index (χ3n) is 7.50. The Balaban J connectivity index is 1.19. The van der Waals surface area contributed by atoms with Crippen LogP contribution in [0.15, 0.2) is 48.7 Å². The number of benzene rings is 2. The van der Waals surface area contributed by atoms with Crippen molar-refractivity contribution >= 4 is 5.91 Å². The largest absolute Gasteiger partial charge is 0.508 e. The second-order valence-electron chi connectivity index (χ2n) is 10.1. The summed E-state index contributed by atoms with van der Waals surface area (Å²) in [4.78, 5) is 14.2. The monoisotopic (exact) mass is 485 g/mol. The molecule has 5 nitrogen and oxygen atoms in total. The van der Waals surface area contributed by atoms with E-state index in [-0.39, 0.29) is 34.3 Å². The van der Waals surface area contributed by atoms with Crippen molar-refractivity contribution < 1.29 is 27.5 Å². The summed E-state index contributed by atoms with van der Waals surface area (Å²) in [5, 5.41) is 14.2. The van der Waals surface area contributed by atoms with Crippen molar-refractivity contribution in [2.45, 2.75) is 43.8 Å². The summed E-state index contributed by atoms with van der Waals surface area (Å²) < 4.78 is 56.8. The van der Waals surface area contributed by atoms with Crippen LogP contribution < -0.4 is 0 Å². The van der Waals surface area contributed by atoms with E-state index >= 15 is 0 Å². The lowest BCUT2D eigenvalue weighted by molar-refractivity contribution is -0.137. The molecule has 3 fully saturated rings. The van der Waals surface area contributed by atoms with Gasteiger partial charge in [0.15, 0.2) is 0 Å². The highest BCUT2D eigenvalue weighted by Gasteiger charge is 2.55. The molecule has 1 aromatic heterocycles. The zero-order valence-corrected chi connectivity index (χ0v) is 18.7. The number of carbonyl (C=O) groups is 1. The maximum atomic E-state index is 14.0. The molecule has 2 saturated carbocycles. The van der Waals surface area contributed by atoms with Crippen LogP contribution >= 0.6 is 0 Å². The van der Waals surface area contributed by atoms with Crippen LogP contribution in [0.5, 0.6) is 5.75 Å². The summed E-state index contributed by atoms with van der Waals surface area (Å²) in [6.07, 6.45) is 0.852. The van der Waals surface area contributed by atoms with Crippen LogP contribution in [0.4, 0.5) is 17.6 Å². The second-order valence-corrected chi connectivity index (χ2v) is 10.1. The SMILES string of the molecule is O=C(c1cc(O)ccc1F)N1CC2(CC(n3cc(C4CC4)c(-c4ccccc4C(F)(F)F)n3)C2)C1. The maximum absolute atomic E-state index is 14.0. The quantitative estimate of drug-likeness (QED) is 0.478. The molecule has 1 aliphatic heterocycles. The highest BCUT2D eigenvalue weighted by molar-refractivity contribution is 5.95. The van der Waals surface area contributed by atoms with Gasteiger partial charge in [-0.3, -0.25) is 9.48 Å². The number of carbonyl (C=O) groups excluding carboxylic acids is 1. The van der Waals surface area contributed by atoms with Gasteiger partial charge < -0.3 is 10.0 Å². The van der Waals surface area contributed by atoms with E-state index < -0.39 is 23.5 Å². The number of aromatic nitrogens is 2. The lowest BCUT2D eigenvalue weighted by Crippen LogP contribution is -2.63. The number of phenols is 1. The van der Waals surface area contributed by atoms with Crippen molar-refractivity contribution in [2.24, 2.45) is 5.41 Å². The van der Waals surface area contributed by atoms with E-state index in [0.29, 0.717) is 18.8 Å². The fourth-order valence-corrected chi connectivity index (χ4v) is 5.57. The normalized spacial score (nSPS) is 19.5. The van der Waals surface area contributed by atoms with Crippen molar-refractivity contribution in [3.05, 3.63) is 71.2 Å². The second kappa shape index (κ2) is 7.57. The van der Waals surface area contributed by atoms with E-state index in [1.54, 1.807) is 15.6 Å². The van der Waals surface area contributed by atoms with Crippen molar-refractivity contribution in [2.75, 3.05) is 13.1 Å². The molecule has 0 unspecified atom stereocenters. The average molecular weight is 485 g/mol. The third-order valence-corrected chi connectivity index (χ3v) is 7.50. The van der Waals surface area contributed by atoms with Gasteiger partial charge in [0, 0.05) is 35.8 Å². The first-order chi connectivity index (χ1) is 16.6. The van der Waals surface area contributed by atoms with E-state index in [1.807, 2.05) is 6.20 Å². The summed E-state index contributed by atoms with van der Waals surface area (Å²) >= 11 is 0. The number of likely N-dealkylation sites (tertiary alicyclic amines) is 1. The predicted molar refractivity (Wildman–Crippen MR) is 119 cm³/mol. The van der Waals surface area contributed by atoms with Crippen LogP contribution in [0, 0.1) is 11.2 Å². The maximum Gasteiger partial charge on any atom is 0.417 e. The van der Waals surface area contributed by atoms with Crippen LogP contribution in [0.25, 0.3) is 11.3 Å². The number of rotatable bonds is 4. The minimum atomic E-state index is -4.46. The molecule has 9 heteroatoms. The van der Waals surface area contributed by atoms with Crippen molar-refractivity contribution in [1.29, 1.82) is 0 Å². The van der Waals surface area contributed by atoms with Crippen LogP contribution in [-0.2, 0) is 6.18 Å². The molecule has 1 saturated heterocycles. The number of hydrogen-bond acceptors (Lipinski definition) is 3. The average Bonchev–Trinajstić information content (AvgIpc) is 3.52. The van der Waals surface area contributed by atoms with Gasteiger partial charge in [-0.15, -0.1) is 0 Å². The van der Waals surface area contributed by atoms with Crippen LogP contribution in [0.1, 0.15) is 59.1 Å². The number of phenolic OH excluding ortho intramolecular Hbond substituents is 1. The van der Waals surface area contributed by atoms with Crippen LogP contribution in [0.2, 0.25) is 0 Å². The molecule has 0 radical (unpaired) electrons. The Bertz CT molecular complexity index is 1310. The number of aromatic hydroxyl groups is 1. The molecule has 2 aliphatic carbocycles. The molecule has 182 valence electrons. The standard InChI is InChI=1S/C26H23F4N3O2/c27-22-8-7-17(34)9-19(22)24(35)32-13-25(14-32)10-16(11-25)33-12-20(15-5-6-15)23(31-33)18-3-1-2-4-21(18)26(28,29)30/h1-4,7-9,12,15-16,34H,5-6,10-11,13-14H2. The smallest absolute Gasteiger partial charge is 0.417 e.